The van der Waals surface area contributed by atoms with Gasteiger partial charge in [0.2, 0.25) is 0 Å². The van der Waals surface area contributed by atoms with Crippen molar-refractivity contribution in [2.24, 2.45) is 0 Å². The number of hydrogen-bond donors (Lipinski definition) is 0. The molecule has 0 radical (unpaired) electrons. The molecule has 24 heavy (non-hydrogen) atoms. The molecule has 0 aliphatic heterocycles. The van der Waals surface area contributed by atoms with Gasteiger partial charge in [0, 0.05) is 0 Å². The molecule has 0 nitrogen and oxygen atoms in total. The molecule has 0 spiro atoms. The van der Waals surface area contributed by atoms with Crippen LogP contribution in [0.3, 0.4) is 0 Å². The van der Waals surface area contributed by atoms with Crippen LogP contribution >= 0.6 is 0 Å². The predicted molar refractivity (Wildman–Crippen MR) is 104 cm³/mol. The van der Waals surface area contributed by atoms with Crippen LogP contribution < -0.4 is 0 Å². The largest absolute Gasteiger partial charge is 0.0795 e. The van der Waals surface area contributed by atoms with E-state index in [4.69, 9.17) is 0 Å². The van der Waals surface area contributed by atoms with Crippen molar-refractivity contribution < 1.29 is 0 Å². The molecule has 0 heterocycles. The minimum absolute atomic E-state index is 1.07. The molecular formula is C24H14. The minimum atomic E-state index is 1.07. The maximum absolute atomic E-state index is 2.34. The first-order valence-corrected chi connectivity index (χ1v) is 8.76. The summed E-state index contributed by atoms with van der Waals surface area (Å²) in [6.07, 6.45) is 11.4. The third kappa shape index (κ3) is 1.06. The Morgan fingerprint density at radius 1 is 0.500 bits per heavy atom. The van der Waals surface area contributed by atoms with Gasteiger partial charge in [-0.15, -0.1) is 0 Å². The van der Waals surface area contributed by atoms with Crippen LogP contribution in [-0.4, -0.2) is 0 Å². The first-order chi connectivity index (χ1) is 11.9. The summed E-state index contributed by atoms with van der Waals surface area (Å²) in [7, 11) is 0. The molecule has 110 valence electrons. The Morgan fingerprint density at radius 3 is 1.46 bits per heavy atom. The molecule has 0 fully saturated rings. The summed E-state index contributed by atoms with van der Waals surface area (Å²) in [6, 6.07) is 13.8. The Hall–Kier alpha value is -2.86. The normalized spacial score (nSPS) is 15.7. The summed E-state index contributed by atoms with van der Waals surface area (Å²) >= 11 is 0. The van der Waals surface area contributed by atoms with Crippen LogP contribution in [0.4, 0.5) is 0 Å². The zero-order valence-corrected chi connectivity index (χ0v) is 13.2. The standard InChI is InChI=1S/C24H14/c1-5-13-15(7-1)21-19-11-4-10-18-14-6-2-8-16(14)22(24(18)19)20-12-3-9-17(13)23(20)21/h1-6,9-12H,7-8H2. The van der Waals surface area contributed by atoms with E-state index in [1.54, 1.807) is 0 Å². The Kier molecular flexibility index (Phi) is 1.76. The Balaban J connectivity index is 1.95. The SMILES string of the molecule is C1=Cc2c(c3c4cccc5c6c(c(c7cccc2c73)c54)CC=C6)C1. The van der Waals surface area contributed by atoms with E-state index in [1.165, 1.54) is 65.3 Å². The molecule has 0 unspecified atom stereocenters. The van der Waals surface area contributed by atoms with Gasteiger partial charge in [-0.1, -0.05) is 60.7 Å². The van der Waals surface area contributed by atoms with Crippen LogP contribution in [0.5, 0.6) is 0 Å². The van der Waals surface area contributed by atoms with Crippen LogP contribution in [0.15, 0.2) is 48.6 Å². The average Bonchev–Trinajstić information content (AvgIpc) is 3.35. The van der Waals surface area contributed by atoms with Gasteiger partial charge in [0.25, 0.3) is 0 Å². The van der Waals surface area contributed by atoms with Crippen molar-refractivity contribution in [2.45, 2.75) is 12.8 Å². The van der Waals surface area contributed by atoms with Crippen molar-refractivity contribution >= 4 is 55.2 Å². The molecule has 2 aliphatic carbocycles. The topological polar surface area (TPSA) is 0 Å². The van der Waals surface area contributed by atoms with Crippen molar-refractivity contribution in [3.8, 4) is 0 Å². The van der Waals surface area contributed by atoms with Crippen LogP contribution in [0.2, 0.25) is 0 Å². The van der Waals surface area contributed by atoms with Crippen LogP contribution in [0.25, 0.3) is 55.2 Å². The van der Waals surface area contributed by atoms with Crippen molar-refractivity contribution in [1.29, 1.82) is 0 Å². The summed E-state index contributed by atoms with van der Waals surface area (Å²) in [5, 5.41) is 11.8. The maximum atomic E-state index is 2.34. The molecule has 0 aromatic heterocycles. The summed E-state index contributed by atoms with van der Waals surface area (Å²) in [6.45, 7) is 0. The Morgan fingerprint density at radius 2 is 0.958 bits per heavy atom. The van der Waals surface area contributed by atoms with Gasteiger partial charge in [-0.2, -0.15) is 0 Å². The van der Waals surface area contributed by atoms with Gasteiger partial charge in [0.1, 0.15) is 0 Å². The number of allylic oxidation sites excluding steroid dienone is 2. The second kappa shape index (κ2) is 3.62. The zero-order chi connectivity index (χ0) is 15.4. The zero-order valence-electron chi connectivity index (χ0n) is 13.2. The van der Waals surface area contributed by atoms with Gasteiger partial charge in [-0.25, -0.2) is 0 Å². The summed E-state index contributed by atoms with van der Waals surface area (Å²) in [4.78, 5) is 0. The fourth-order valence-corrected chi connectivity index (χ4v) is 5.39. The molecule has 2 aliphatic rings. The lowest BCUT2D eigenvalue weighted by atomic mass is 9.94. The molecule has 0 N–H and O–H groups in total. The van der Waals surface area contributed by atoms with E-state index in [2.05, 4.69) is 60.7 Å². The van der Waals surface area contributed by atoms with E-state index >= 15 is 0 Å². The molecule has 0 saturated carbocycles. The maximum Gasteiger partial charge on any atom is -0.00170 e. The van der Waals surface area contributed by atoms with E-state index in [-0.39, 0.29) is 0 Å². The van der Waals surface area contributed by atoms with Gasteiger partial charge in [0.05, 0.1) is 0 Å². The first kappa shape index (κ1) is 11.6. The lowest BCUT2D eigenvalue weighted by molar-refractivity contribution is 1.37. The van der Waals surface area contributed by atoms with E-state index in [0.717, 1.165) is 12.8 Å². The van der Waals surface area contributed by atoms with Crippen LogP contribution in [-0.2, 0) is 12.8 Å². The number of hydrogen-bond acceptors (Lipinski definition) is 0. The van der Waals surface area contributed by atoms with Gasteiger partial charge in [-0.3, -0.25) is 0 Å². The van der Waals surface area contributed by atoms with Gasteiger partial charge in [0.15, 0.2) is 0 Å². The fraction of sp³-hybridized carbons (Fsp3) is 0.0833. The second-order valence-corrected chi connectivity index (χ2v) is 7.20. The van der Waals surface area contributed by atoms with Crippen molar-refractivity contribution in [3.63, 3.8) is 0 Å². The lowest BCUT2D eigenvalue weighted by Gasteiger charge is -2.09. The molecule has 0 amide bonds. The van der Waals surface area contributed by atoms with E-state index < -0.39 is 0 Å². The lowest BCUT2D eigenvalue weighted by Crippen LogP contribution is -1.83. The fourth-order valence-electron chi connectivity index (χ4n) is 5.39. The van der Waals surface area contributed by atoms with Crippen molar-refractivity contribution in [3.05, 3.63) is 70.8 Å². The molecule has 0 saturated heterocycles. The predicted octanol–water partition coefficient (Wildman–Crippen LogP) is 6.31. The average molecular weight is 302 g/mol. The Labute approximate surface area is 139 Å². The first-order valence-electron chi connectivity index (χ1n) is 8.76. The molecular weight excluding hydrogens is 288 g/mol. The highest BCUT2D eigenvalue weighted by atomic mass is 14.3. The molecule has 0 heteroatoms. The number of rotatable bonds is 0. The molecule has 5 aromatic rings. The van der Waals surface area contributed by atoms with E-state index in [9.17, 15) is 0 Å². The monoisotopic (exact) mass is 302 g/mol. The van der Waals surface area contributed by atoms with Crippen molar-refractivity contribution in [1.82, 2.24) is 0 Å². The van der Waals surface area contributed by atoms with Gasteiger partial charge in [-0.05, 0) is 78.2 Å². The summed E-state index contributed by atoms with van der Waals surface area (Å²) in [5.41, 5.74) is 5.98. The summed E-state index contributed by atoms with van der Waals surface area (Å²) < 4.78 is 0. The Bertz CT molecular complexity index is 1270. The third-order valence-corrected chi connectivity index (χ3v) is 6.21. The smallest absolute Gasteiger partial charge is 0.00170 e. The highest BCUT2D eigenvalue weighted by Gasteiger charge is 2.26. The third-order valence-electron chi connectivity index (χ3n) is 6.21. The highest BCUT2D eigenvalue weighted by Crippen LogP contribution is 2.50. The molecule has 7 rings (SSSR count). The molecule has 0 atom stereocenters. The summed E-state index contributed by atoms with van der Waals surface area (Å²) in [5.74, 6) is 0. The van der Waals surface area contributed by atoms with E-state index in [0.29, 0.717) is 0 Å². The molecule has 0 bridgehead atoms. The second-order valence-electron chi connectivity index (χ2n) is 7.20. The number of benzene rings is 3. The van der Waals surface area contributed by atoms with Gasteiger partial charge >= 0.3 is 0 Å². The van der Waals surface area contributed by atoms with Crippen LogP contribution in [0, 0.1) is 0 Å². The minimum Gasteiger partial charge on any atom is -0.0795 e. The number of fused-ring (bicyclic) bond motifs is 8. The quantitative estimate of drug-likeness (QED) is 0.294. The van der Waals surface area contributed by atoms with E-state index in [1.807, 2.05) is 0 Å². The highest BCUT2D eigenvalue weighted by molar-refractivity contribution is 6.38. The van der Waals surface area contributed by atoms with Crippen LogP contribution in [0.1, 0.15) is 22.3 Å². The molecule has 5 aromatic carbocycles. The van der Waals surface area contributed by atoms with Crippen molar-refractivity contribution in [2.75, 3.05) is 0 Å². The van der Waals surface area contributed by atoms with Gasteiger partial charge < -0.3 is 0 Å².